The van der Waals surface area contributed by atoms with Crippen molar-refractivity contribution in [2.45, 2.75) is 31.2 Å². The molecule has 152 valence electrons. The number of nitrogens with one attached hydrogen (secondary N) is 2. The van der Waals surface area contributed by atoms with Crippen LogP contribution in [0.2, 0.25) is 10.0 Å². The van der Waals surface area contributed by atoms with Crippen LogP contribution in [0.4, 0.5) is 0 Å². The van der Waals surface area contributed by atoms with E-state index in [4.69, 9.17) is 28.2 Å². The van der Waals surface area contributed by atoms with Crippen molar-refractivity contribution in [2.24, 2.45) is 5.92 Å². The third-order valence-corrected chi connectivity index (χ3v) is 7.00. The topological polar surface area (TPSA) is 80.5 Å². The van der Waals surface area contributed by atoms with Gasteiger partial charge in [0.1, 0.15) is 0 Å². The number of piperidine rings is 1. The molecule has 29 heavy (non-hydrogen) atoms. The van der Waals surface area contributed by atoms with Crippen molar-refractivity contribution >= 4 is 34.5 Å². The van der Waals surface area contributed by atoms with Crippen LogP contribution in [0.5, 0.6) is 0 Å². The van der Waals surface area contributed by atoms with Gasteiger partial charge in [0.25, 0.3) is 0 Å². The SMILES string of the molecule is C[C@H](c1ccc(Cl)cc1Cl)n1nnc2ncc(C3(C4CCCNC4)CNC3)nc21. The predicted molar refractivity (Wildman–Crippen MR) is 114 cm³/mol. The molecule has 0 saturated carbocycles. The lowest BCUT2D eigenvalue weighted by Gasteiger charge is -2.49. The summed E-state index contributed by atoms with van der Waals surface area (Å²) in [5, 5.41) is 16.8. The van der Waals surface area contributed by atoms with Crippen molar-refractivity contribution in [3.8, 4) is 0 Å². The molecule has 2 atom stereocenters. The standard InChI is InChI=1S/C20H23Cl2N7/c1-12(15-5-4-14(21)7-16(15)22)29-19-18(27-28-29)25-9-17(26-19)20(10-24-11-20)13-3-2-6-23-8-13/h4-5,7,9,12-13,23-24H,2-3,6,8,10-11H2,1H3/t12-,13?/m1/s1. The minimum absolute atomic E-state index is 0.0187. The monoisotopic (exact) mass is 431 g/mol. The Morgan fingerprint density at radius 1 is 1.24 bits per heavy atom. The summed E-state index contributed by atoms with van der Waals surface area (Å²) in [6, 6.07) is 5.36. The van der Waals surface area contributed by atoms with Crippen molar-refractivity contribution in [3.05, 3.63) is 45.7 Å². The van der Waals surface area contributed by atoms with Gasteiger partial charge in [-0.05, 0) is 56.5 Å². The van der Waals surface area contributed by atoms with Crippen molar-refractivity contribution in [3.63, 3.8) is 0 Å². The molecule has 0 radical (unpaired) electrons. The summed E-state index contributed by atoms with van der Waals surface area (Å²) in [7, 11) is 0. The van der Waals surface area contributed by atoms with Gasteiger partial charge in [-0.25, -0.2) is 14.6 Å². The number of hydrogen-bond acceptors (Lipinski definition) is 6. The van der Waals surface area contributed by atoms with Crippen LogP contribution in [-0.2, 0) is 5.41 Å². The Labute approximate surface area is 179 Å². The van der Waals surface area contributed by atoms with E-state index in [1.165, 1.54) is 12.8 Å². The number of halogens is 2. The fourth-order valence-electron chi connectivity index (χ4n) is 4.60. The van der Waals surface area contributed by atoms with Crippen molar-refractivity contribution in [2.75, 3.05) is 26.2 Å². The van der Waals surface area contributed by atoms with Gasteiger partial charge in [0.05, 0.1) is 17.9 Å². The molecule has 7 nitrogen and oxygen atoms in total. The molecule has 4 heterocycles. The quantitative estimate of drug-likeness (QED) is 0.660. The summed E-state index contributed by atoms with van der Waals surface area (Å²) in [6.07, 6.45) is 4.30. The molecule has 1 unspecified atom stereocenters. The van der Waals surface area contributed by atoms with E-state index in [9.17, 15) is 0 Å². The second-order valence-corrected chi connectivity index (χ2v) is 8.92. The molecule has 2 fully saturated rings. The average Bonchev–Trinajstić information content (AvgIpc) is 3.11. The molecule has 0 bridgehead atoms. The molecule has 2 N–H and O–H groups in total. The molecule has 3 aromatic rings. The van der Waals surface area contributed by atoms with Gasteiger partial charge in [-0.15, -0.1) is 5.10 Å². The van der Waals surface area contributed by atoms with Gasteiger partial charge < -0.3 is 10.6 Å². The Morgan fingerprint density at radius 3 is 2.79 bits per heavy atom. The second kappa shape index (κ2) is 7.47. The molecular formula is C20H23Cl2N7. The summed E-state index contributed by atoms with van der Waals surface area (Å²) in [6.45, 7) is 6.01. The second-order valence-electron chi connectivity index (χ2n) is 8.08. The van der Waals surface area contributed by atoms with E-state index in [1.807, 2.05) is 25.3 Å². The first-order valence-electron chi connectivity index (χ1n) is 10.0. The van der Waals surface area contributed by atoms with Gasteiger partial charge in [0.2, 0.25) is 5.65 Å². The molecule has 9 heteroatoms. The van der Waals surface area contributed by atoms with Gasteiger partial charge in [-0.3, -0.25) is 0 Å². The Balaban J connectivity index is 1.55. The smallest absolute Gasteiger partial charge is 0.221 e. The molecule has 2 aliphatic heterocycles. The van der Waals surface area contributed by atoms with Crippen LogP contribution in [0.1, 0.15) is 37.1 Å². The first kappa shape index (κ1) is 19.2. The molecule has 2 aliphatic rings. The Kier molecular flexibility index (Phi) is 4.94. The van der Waals surface area contributed by atoms with Crippen molar-refractivity contribution < 1.29 is 0 Å². The number of nitrogens with zero attached hydrogens (tertiary/aromatic N) is 5. The highest BCUT2D eigenvalue weighted by atomic mass is 35.5. The first-order valence-corrected chi connectivity index (χ1v) is 10.8. The number of rotatable bonds is 4. The molecule has 2 saturated heterocycles. The molecular weight excluding hydrogens is 409 g/mol. The van der Waals surface area contributed by atoms with E-state index >= 15 is 0 Å². The summed E-state index contributed by atoms with van der Waals surface area (Å²) >= 11 is 12.5. The van der Waals surface area contributed by atoms with Crippen molar-refractivity contribution in [1.82, 2.24) is 35.6 Å². The Bertz CT molecular complexity index is 1040. The van der Waals surface area contributed by atoms with Crippen LogP contribution < -0.4 is 10.6 Å². The Hall–Kier alpha value is -1.80. The average molecular weight is 432 g/mol. The van der Waals surface area contributed by atoms with Crippen molar-refractivity contribution in [1.29, 1.82) is 0 Å². The van der Waals surface area contributed by atoms with Gasteiger partial charge in [0, 0.05) is 28.5 Å². The zero-order valence-corrected chi connectivity index (χ0v) is 17.7. The number of benzene rings is 1. The van der Waals surface area contributed by atoms with Gasteiger partial charge in [-0.1, -0.05) is 34.5 Å². The van der Waals surface area contributed by atoms with Gasteiger partial charge >= 0.3 is 0 Å². The molecule has 2 aromatic heterocycles. The third kappa shape index (κ3) is 3.20. The first-order chi connectivity index (χ1) is 14.1. The maximum atomic E-state index is 6.43. The van der Waals surface area contributed by atoms with E-state index in [0.717, 1.165) is 37.4 Å². The molecule has 1 aromatic carbocycles. The lowest BCUT2D eigenvalue weighted by molar-refractivity contribution is 0.140. The molecule has 0 amide bonds. The maximum Gasteiger partial charge on any atom is 0.221 e. The van der Waals surface area contributed by atoms with E-state index in [1.54, 1.807) is 10.7 Å². The summed E-state index contributed by atoms with van der Waals surface area (Å²) in [5.74, 6) is 0.553. The predicted octanol–water partition coefficient (Wildman–Crippen LogP) is 2.98. The minimum atomic E-state index is -0.138. The summed E-state index contributed by atoms with van der Waals surface area (Å²) < 4.78 is 1.81. The number of fused-ring (bicyclic) bond motifs is 1. The largest absolute Gasteiger partial charge is 0.316 e. The molecule has 0 aliphatic carbocycles. The fraction of sp³-hybridized carbons (Fsp3) is 0.500. The highest BCUT2D eigenvalue weighted by Gasteiger charge is 2.47. The van der Waals surface area contributed by atoms with Crippen LogP contribution in [0, 0.1) is 5.92 Å². The van der Waals surface area contributed by atoms with Crippen LogP contribution >= 0.6 is 23.2 Å². The van der Waals surface area contributed by atoms with E-state index in [0.29, 0.717) is 27.3 Å². The molecule has 5 rings (SSSR count). The lowest BCUT2D eigenvalue weighted by atomic mass is 9.66. The number of aromatic nitrogens is 5. The lowest BCUT2D eigenvalue weighted by Crippen LogP contribution is -2.63. The summed E-state index contributed by atoms with van der Waals surface area (Å²) in [5.41, 5.74) is 3.21. The fourth-order valence-corrected chi connectivity index (χ4v) is 5.17. The van der Waals surface area contributed by atoms with Crippen LogP contribution in [-0.4, -0.2) is 51.1 Å². The van der Waals surface area contributed by atoms with E-state index in [-0.39, 0.29) is 11.5 Å². The molecule has 0 spiro atoms. The third-order valence-electron chi connectivity index (χ3n) is 6.44. The van der Waals surface area contributed by atoms with Crippen LogP contribution in [0.15, 0.2) is 24.4 Å². The zero-order valence-electron chi connectivity index (χ0n) is 16.2. The van der Waals surface area contributed by atoms with E-state index < -0.39 is 0 Å². The van der Waals surface area contributed by atoms with Gasteiger partial charge in [-0.2, -0.15) is 0 Å². The van der Waals surface area contributed by atoms with E-state index in [2.05, 4.69) is 25.9 Å². The van der Waals surface area contributed by atoms with Crippen LogP contribution in [0.3, 0.4) is 0 Å². The van der Waals surface area contributed by atoms with Gasteiger partial charge in [0.15, 0.2) is 5.65 Å². The Morgan fingerprint density at radius 2 is 2.10 bits per heavy atom. The maximum absolute atomic E-state index is 6.43. The normalized spacial score (nSPS) is 22.4. The zero-order chi connectivity index (χ0) is 20.0. The highest BCUT2D eigenvalue weighted by Crippen LogP contribution is 2.39. The highest BCUT2D eigenvalue weighted by molar-refractivity contribution is 6.35. The number of hydrogen-bond donors (Lipinski definition) is 2. The van der Waals surface area contributed by atoms with Crippen LogP contribution in [0.25, 0.3) is 11.3 Å². The minimum Gasteiger partial charge on any atom is -0.316 e. The summed E-state index contributed by atoms with van der Waals surface area (Å²) in [4.78, 5) is 9.63.